The highest BCUT2D eigenvalue weighted by Crippen LogP contribution is 2.24. The monoisotopic (exact) mass is 247 g/mol. The molecular formula is C17H29N. The lowest BCUT2D eigenvalue weighted by Crippen LogP contribution is -2.34. The van der Waals surface area contributed by atoms with Crippen molar-refractivity contribution < 1.29 is 0 Å². The van der Waals surface area contributed by atoms with Crippen molar-refractivity contribution in [1.29, 1.82) is 0 Å². The third kappa shape index (κ3) is 4.45. The van der Waals surface area contributed by atoms with Crippen molar-refractivity contribution in [2.24, 2.45) is 0 Å². The van der Waals surface area contributed by atoms with Gasteiger partial charge in [-0.25, -0.2) is 0 Å². The maximum atomic E-state index is 3.71. The molecule has 0 aromatic heterocycles. The fourth-order valence-corrected chi connectivity index (χ4v) is 2.67. The van der Waals surface area contributed by atoms with Crippen molar-refractivity contribution in [3.05, 3.63) is 34.9 Å². The lowest BCUT2D eigenvalue weighted by molar-refractivity contribution is 0.420. The maximum Gasteiger partial charge on any atom is 0.0133 e. The quantitative estimate of drug-likeness (QED) is 0.744. The van der Waals surface area contributed by atoms with Crippen LogP contribution in [-0.2, 0) is 0 Å². The molecule has 1 aromatic rings. The van der Waals surface area contributed by atoms with Gasteiger partial charge in [0.25, 0.3) is 0 Å². The fourth-order valence-electron chi connectivity index (χ4n) is 2.67. The zero-order valence-corrected chi connectivity index (χ0v) is 12.7. The van der Waals surface area contributed by atoms with Crippen LogP contribution in [0.5, 0.6) is 0 Å². The molecule has 102 valence electrons. The Balaban J connectivity index is 2.82. The smallest absolute Gasteiger partial charge is 0.0133 e. The van der Waals surface area contributed by atoms with Gasteiger partial charge in [0.05, 0.1) is 0 Å². The fraction of sp³-hybridized carbons (Fsp3) is 0.647. The normalized spacial score (nSPS) is 14.5. The van der Waals surface area contributed by atoms with Gasteiger partial charge in [0.15, 0.2) is 0 Å². The summed E-state index contributed by atoms with van der Waals surface area (Å²) >= 11 is 0. The molecule has 0 aliphatic rings. The SMILES string of the molecule is CCCNC(CCC)C(C)c1cc(C)cc(C)c1. The maximum absolute atomic E-state index is 3.71. The first-order valence-corrected chi connectivity index (χ1v) is 7.40. The summed E-state index contributed by atoms with van der Waals surface area (Å²) in [7, 11) is 0. The van der Waals surface area contributed by atoms with E-state index in [2.05, 4.69) is 58.1 Å². The molecule has 0 fully saturated rings. The molecule has 0 bridgehead atoms. The molecule has 1 heteroatoms. The van der Waals surface area contributed by atoms with Crippen molar-refractivity contribution in [2.75, 3.05) is 6.54 Å². The van der Waals surface area contributed by atoms with E-state index in [1.54, 1.807) is 0 Å². The van der Waals surface area contributed by atoms with Gasteiger partial charge in [-0.05, 0) is 44.7 Å². The largest absolute Gasteiger partial charge is 0.313 e. The Morgan fingerprint density at radius 2 is 1.61 bits per heavy atom. The van der Waals surface area contributed by atoms with E-state index in [0.717, 1.165) is 6.54 Å². The summed E-state index contributed by atoms with van der Waals surface area (Å²) in [4.78, 5) is 0. The Kier molecular flexibility index (Phi) is 6.42. The van der Waals surface area contributed by atoms with Gasteiger partial charge in [-0.15, -0.1) is 0 Å². The summed E-state index contributed by atoms with van der Waals surface area (Å²) < 4.78 is 0. The molecule has 18 heavy (non-hydrogen) atoms. The van der Waals surface area contributed by atoms with Crippen LogP contribution in [0.15, 0.2) is 18.2 Å². The van der Waals surface area contributed by atoms with Crippen LogP contribution in [0, 0.1) is 13.8 Å². The number of rotatable bonds is 7. The van der Waals surface area contributed by atoms with Gasteiger partial charge < -0.3 is 5.32 Å². The molecule has 1 aromatic carbocycles. The highest BCUT2D eigenvalue weighted by atomic mass is 14.9. The third-order valence-corrected chi connectivity index (χ3v) is 3.63. The van der Waals surface area contributed by atoms with Gasteiger partial charge >= 0.3 is 0 Å². The molecule has 0 aliphatic carbocycles. The van der Waals surface area contributed by atoms with Crippen LogP contribution in [0.25, 0.3) is 0 Å². The highest BCUT2D eigenvalue weighted by molar-refractivity contribution is 5.31. The molecule has 0 saturated carbocycles. The lowest BCUT2D eigenvalue weighted by atomic mass is 9.88. The van der Waals surface area contributed by atoms with Crippen molar-refractivity contribution in [2.45, 2.75) is 65.8 Å². The summed E-state index contributed by atoms with van der Waals surface area (Å²) in [6.45, 7) is 12.4. The predicted octanol–water partition coefficient (Wildman–Crippen LogP) is 4.58. The van der Waals surface area contributed by atoms with E-state index < -0.39 is 0 Å². The van der Waals surface area contributed by atoms with Crippen LogP contribution in [0.3, 0.4) is 0 Å². The standard InChI is InChI=1S/C17H29N/c1-6-8-17(18-9-7-2)15(5)16-11-13(3)10-14(4)12-16/h10-12,15,17-18H,6-9H2,1-5H3. The Morgan fingerprint density at radius 3 is 2.11 bits per heavy atom. The molecule has 0 heterocycles. The first kappa shape index (κ1) is 15.2. The molecule has 0 aliphatic heterocycles. The second-order valence-electron chi connectivity index (χ2n) is 5.56. The Labute approximate surface area is 113 Å². The zero-order valence-electron chi connectivity index (χ0n) is 12.7. The highest BCUT2D eigenvalue weighted by Gasteiger charge is 2.17. The average Bonchev–Trinajstić information content (AvgIpc) is 2.32. The van der Waals surface area contributed by atoms with Crippen molar-refractivity contribution >= 4 is 0 Å². The van der Waals surface area contributed by atoms with E-state index in [9.17, 15) is 0 Å². The first-order chi connectivity index (χ1) is 8.58. The number of benzene rings is 1. The van der Waals surface area contributed by atoms with E-state index >= 15 is 0 Å². The van der Waals surface area contributed by atoms with Crippen LogP contribution in [0.2, 0.25) is 0 Å². The molecule has 0 radical (unpaired) electrons. The van der Waals surface area contributed by atoms with Crippen molar-refractivity contribution in [1.82, 2.24) is 5.32 Å². The van der Waals surface area contributed by atoms with E-state index in [-0.39, 0.29) is 0 Å². The number of aryl methyl sites for hydroxylation is 2. The molecule has 1 nitrogen and oxygen atoms in total. The van der Waals surface area contributed by atoms with Gasteiger partial charge in [-0.1, -0.05) is 56.5 Å². The molecule has 0 spiro atoms. The van der Waals surface area contributed by atoms with Crippen molar-refractivity contribution in [3.8, 4) is 0 Å². The summed E-state index contributed by atoms with van der Waals surface area (Å²) in [5.41, 5.74) is 4.24. The molecular weight excluding hydrogens is 218 g/mol. The van der Waals surface area contributed by atoms with Gasteiger partial charge in [0, 0.05) is 6.04 Å². The Hall–Kier alpha value is -0.820. The minimum atomic E-state index is 0.593. The summed E-state index contributed by atoms with van der Waals surface area (Å²) in [6, 6.07) is 7.54. The second kappa shape index (κ2) is 7.58. The lowest BCUT2D eigenvalue weighted by Gasteiger charge is -2.26. The van der Waals surface area contributed by atoms with E-state index in [0.29, 0.717) is 12.0 Å². The summed E-state index contributed by atoms with van der Waals surface area (Å²) in [5.74, 6) is 0.593. The van der Waals surface area contributed by atoms with Crippen LogP contribution in [0.4, 0.5) is 0 Å². The third-order valence-electron chi connectivity index (χ3n) is 3.63. The summed E-state index contributed by atoms with van der Waals surface area (Å²) in [6.07, 6.45) is 3.71. The van der Waals surface area contributed by atoms with Gasteiger partial charge in [-0.3, -0.25) is 0 Å². The molecule has 1 rings (SSSR count). The van der Waals surface area contributed by atoms with Crippen LogP contribution in [-0.4, -0.2) is 12.6 Å². The second-order valence-corrected chi connectivity index (χ2v) is 5.56. The van der Waals surface area contributed by atoms with Gasteiger partial charge in [-0.2, -0.15) is 0 Å². The summed E-state index contributed by atoms with van der Waals surface area (Å²) in [5, 5.41) is 3.71. The van der Waals surface area contributed by atoms with Gasteiger partial charge in [0.2, 0.25) is 0 Å². The number of hydrogen-bond donors (Lipinski definition) is 1. The molecule has 0 amide bonds. The molecule has 2 atom stereocenters. The number of nitrogens with one attached hydrogen (secondary N) is 1. The van der Waals surface area contributed by atoms with Crippen molar-refractivity contribution in [3.63, 3.8) is 0 Å². The topological polar surface area (TPSA) is 12.0 Å². The Morgan fingerprint density at radius 1 is 1.00 bits per heavy atom. The number of hydrogen-bond acceptors (Lipinski definition) is 1. The van der Waals surface area contributed by atoms with Crippen LogP contribution < -0.4 is 5.32 Å². The van der Waals surface area contributed by atoms with E-state index in [1.165, 1.54) is 36.0 Å². The minimum Gasteiger partial charge on any atom is -0.313 e. The molecule has 2 unspecified atom stereocenters. The molecule has 0 saturated heterocycles. The zero-order chi connectivity index (χ0) is 13.5. The van der Waals surface area contributed by atoms with E-state index in [1.807, 2.05) is 0 Å². The minimum absolute atomic E-state index is 0.593. The average molecular weight is 247 g/mol. The molecule has 1 N–H and O–H groups in total. The first-order valence-electron chi connectivity index (χ1n) is 7.40. The van der Waals surface area contributed by atoms with Gasteiger partial charge in [0.1, 0.15) is 0 Å². The van der Waals surface area contributed by atoms with Crippen LogP contribution in [0.1, 0.15) is 62.6 Å². The van der Waals surface area contributed by atoms with E-state index in [4.69, 9.17) is 0 Å². The Bertz CT molecular complexity index is 336. The predicted molar refractivity (Wildman–Crippen MR) is 81.3 cm³/mol. The van der Waals surface area contributed by atoms with Crippen LogP contribution >= 0.6 is 0 Å².